The van der Waals surface area contributed by atoms with Crippen LogP contribution in [0.2, 0.25) is 0 Å². The minimum absolute atomic E-state index is 0. The molecule has 120 valence electrons. The third-order valence-corrected chi connectivity index (χ3v) is 2.61. The number of benzene rings is 1. The van der Waals surface area contributed by atoms with Crippen LogP contribution in [0.3, 0.4) is 0 Å². The fraction of sp³-hybridized carbons (Fsp3) is 0.533. The van der Waals surface area contributed by atoms with Crippen LogP contribution in [0.15, 0.2) is 23.2 Å². The van der Waals surface area contributed by atoms with E-state index >= 15 is 0 Å². The molecule has 1 rings (SSSR count). The fourth-order valence-corrected chi connectivity index (χ4v) is 1.63. The monoisotopic (exact) mass is 407 g/mol. The van der Waals surface area contributed by atoms with Crippen molar-refractivity contribution in [1.29, 1.82) is 0 Å². The smallest absolute Gasteiger partial charge is 0.195 e. The van der Waals surface area contributed by atoms with Gasteiger partial charge >= 0.3 is 0 Å². The molecule has 0 saturated heterocycles. The molecule has 0 spiro atoms. The van der Waals surface area contributed by atoms with Crippen LogP contribution in [0.1, 0.15) is 20.8 Å². The lowest BCUT2D eigenvalue weighted by atomic mass is 10.2. The molecule has 0 aliphatic rings. The van der Waals surface area contributed by atoms with Gasteiger partial charge in [-0.2, -0.15) is 0 Å². The summed E-state index contributed by atoms with van der Waals surface area (Å²) in [6.45, 7) is 7.92. The average Bonchev–Trinajstić information content (AvgIpc) is 2.44. The van der Waals surface area contributed by atoms with Gasteiger partial charge in [-0.1, -0.05) is 13.8 Å². The molecule has 0 radical (unpaired) electrons. The maximum Gasteiger partial charge on any atom is 0.195 e. The Balaban J connectivity index is 0.00000400. The van der Waals surface area contributed by atoms with Gasteiger partial charge in [-0.25, -0.2) is 0 Å². The van der Waals surface area contributed by atoms with Gasteiger partial charge < -0.3 is 20.1 Å². The van der Waals surface area contributed by atoms with Crippen LogP contribution in [0.25, 0.3) is 0 Å². The van der Waals surface area contributed by atoms with Crippen molar-refractivity contribution < 1.29 is 9.47 Å². The third-order valence-electron chi connectivity index (χ3n) is 2.61. The van der Waals surface area contributed by atoms with Crippen LogP contribution in [-0.4, -0.2) is 33.3 Å². The first-order chi connectivity index (χ1) is 9.60. The minimum atomic E-state index is 0. The number of nitrogens with zero attached hydrogens (tertiary/aromatic N) is 1. The van der Waals surface area contributed by atoms with E-state index in [0.717, 1.165) is 24.7 Å². The second-order valence-electron chi connectivity index (χ2n) is 4.81. The quantitative estimate of drug-likeness (QED) is 0.432. The fourth-order valence-electron chi connectivity index (χ4n) is 1.63. The molecular formula is C15H26IN3O2. The number of anilines is 1. The molecule has 0 fully saturated rings. The van der Waals surface area contributed by atoms with E-state index in [-0.39, 0.29) is 24.0 Å². The lowest BCUT2D eigenvalue weighted by Crippen LogP contribution is -2.31. The van der Waals surface area contributed by atoms with E-state index in [0.29, 0.717) is 17.4 Å². The number of rotatable bonds is 6. The molecule has 0 aromatic heterocycles. The molecule has 0 amide bonds. The number of hydrogen-bond donors (Lipinski definition) is 2. The van der Waals surface area contributed by atoms with Crippen LogP contribution in [-0.2, 0) is 0 Å². The number of methoxy groups -OCH3 is 2. The van der Waals surface area contributed by atoms with Gasteiger partial charge in [-0.3, -0.25) is 4.99 Å². The zero-order chi connectivity index (χ0) is 15.0. The Labute approximate surface area is 144 Å². The van der Waals surface area contributed by atoms with Crippen molar-refractivity contribution in [2.75, 3.05) is 32.6 Å². The second-order valence-corrected chi connectivity index (χ2v) is 4.81. The molecule has 0 saturated carbocycles. The first-order valence-electron chi connectivity index (χ1n) is 6.88. The molecule has 0 heterocycles. The summed E-state index contributed by atoms with van der Waals surface area (Å²) in [5, 5.41) is 6.48. The lowest BCUT2D eigenvalue weighted by Gasteiger charge is -2.14. The van der Waals surface area contributed by atoms with Crippen LogP contribution < -0.4 is 20.1 Å². The summed E-state index contributed by atoms with van der Waals surface area (Å²) in [5.74, 6) is 2.70. The summed E-state index contributed by atoms with van der Waals surface area (Å²) in [6.07, 6.45) is 0. The Kier molecular flexibility index (Phi) is 9.94. The van der Waals surface area contributed by atoms with Crippen molar-refractivity contribution in [3.63, 3.8) is 0 Å². The molecule has 21 heavy (non-hydrogen) atoms. The Morgan fingerprint density at radius 2 is 1.86 bits per heavy atom. The normalized spacial score (nSPS) is 10.9. The number of halogens is 1. The SMILES string of the molecule is CCNC(=NCC(C)C)Nc1ccc(OC)c(OC)c1.I. The summed E-state index contributed by atoms with van der Waals surface area (Å²) in [5.41, 5.74) is 0.908. The first kappa shape index (κ1) is 19.8. The van der Waals surface area contributed by atoms with Crippen molar-refractivity contribution in [1.82, 2.24) is 5.32 Å². The highest BCUT2D eigenvalue weighted by Crippen LogP contribution is 2.29. The third kappa shape index (κ3) is 6.88. The highest BCUT2D eigenvalue weighted by atomic mass is 127. The number of guanidine groups is 1. The van der Waals surface area contributed by atoms with Gasteiger partial charge in [0.25, 0.3) is 0 Å². The molecule has 2 N–H and O–H groups in total. The Morgan fingerprint density at radius 1 is 1.19 bits per heavy atom. The zero-order valence-corrected chi connectivity index (χ0v) is 15.7. The maximum absolute atomic E-state index is 5.29. The summed E-state index contributed by atoms with van der Waals surface area (Å²) >= 11 is 0. The predicted octanol–water partition coefficient (Wildman–Crippen LogP) is 3.36. The van der Waals surface area contributed by atoms with Gasteiger partial charge in [0.1, 0.15) is 0 Å². The molecular weight excluding hydrogens is 381 g/mol. The summed E-state index contributed by atoms with van der Waals surface area (Å²) in [4.78, 5) is 4.53. The average molecular weight is 407 g/mol. The molecule has 0 bridgehead atoms. The lowest BCUT2D eigenvalue weighted by molar-refractivity contribution is 0.355. The summed E-state index contributed by atoms with van der Waals surface area (Å²) < 4.78 is 10.5. The Bertz CT molecular complexity index is 451. The van der Waals surface area contributed by atoms with Crippen molar-refractivity contribution in [2.45, 2.75) is 20.8 Å². The van der Waals surface area contributed by atoms with Gasteiger partial charge in [0.05, 0.1) is 14.2 Å². The highest BCUT2D eigenvalue weighted by molar-refractivity contribution is 14.0. The van der Waals surface area contributed by atoms with E-state index in [4.69, 9.17) is 9.47 Å². The van der Waals surface area contributed by atoms with E-state index in [1.54, 1.807) is 14.2 Å². The standard InChI is InChI=1S/C15H25N3O2.HI/c1-6-16-15(17-10-11(2)3)18-12-7-8-13(19-4)14(9-12)20-5;/h7-9,11H,6,10H2,1-5H3,(H2,16,17,18);1H. The molecule has 1 aromatic carbocycles. The highest BCUT2D eigenvalue weighted by Gasteiger charge is 2.06. The summed E-state index contributed by atoms with van der Waals surface area (Å²) in [6, 6.07) is 5.69. The number of hydrogen-bond acceptors (Lipinski definition) is 3. The molecule has 0 aliphatic heterocycles. The Hall–Kier alpha value is -1.18. The molecule has 0 aliphatic carbocycles. The topological polar surface area (TPSA) is 54.9 Å². The molecule has 1 aromatic rings. The van der Waals surface area contributed by atoms with Gasteiger partial charge in [0, 0.05) is 24.8 Å². The molecule has 0 unspecified atom stereocenters. The van der Waals surface area contributed by atoms with Crippen LogP contribution >= 0.6 is 24.0 Å². The van der Waals surface area contributed by atoms with Crippen LogP contribution in [0.4, 0.5) is 5.69 Å². The van der Waals surface area contributed by atoms with Crippen LogP contribution in [0, 0.1) is 5.92 Å². The number of nitrogens with one attached hydrogen (secondary N) is 2. The van der Waals surface area contributed by atoms with E-state index in [1.807, 2.05) is 25.1 Å². The van der Waals surface area contributed by atoms with Gasteiger partial charge in [0.15, 0.2) is 17.5 Å². The van der Waals surface area contributed by atoms with E-state index in [9.17, 15) is 0 Å². The summed E-state index contributed by atoms with van der Waals surface area (Å²) in [7, 11) is 3.25. The van der Waals surface area contributed by atoms with Crippen LogP contribution in [0.5, 0.6) is 11.5 Å². The van der Waals surface area contributed by atoms with Crippen molar-refractivity contribution in [3.8, 4) is 11.5 Å². The Morgan fingerprint density at radius 3 is 2.38 bits per heavy atom. The van der Waals surface area contributed by atoms with Gasteiger partial charge in [-0.05, 0) is 25.0 Å². The zero-order valence-electron chi connectivity index (χ0n) is 13.4. The van der Waals surface area contributed by atoms with Gasteiger partial charge in [-0.15, -0.1) is 24.0 Å². The van der Waals surface area contributed by atoms with E-state index in [2.05, 4.69) is 29.5 Å². The molecule has 5 nitrogen and oxygen atoms in total. The second kappa shape index (κ2) is 10.5. The van der Waals surface area contributed by atoms with Crippen molar-refractivity contribution >= 4 is 35.6 Å². The first-order valence-corrected chi connectivity index (χ1v) is 6.88. The minimum Gasteiger partial charge on any atom is -0.493 e. The van der Waals surface area contributed by atoms with Crippen molar-refractivity contribution in [3.05, 3.63) is 18.2 Å². The van der Waals surface area contributed by atoms with Crippen molar-refractivity contribution in [2.24, 2.45) is 10.9 Å². The number of ether oxygens (including phenoxy) is 2. The molecule has 0 atom stereocenters. The van der Waals surface area contributed by atoms with E-state index in [1.165, 1.54) is 0 Å². The predicted molar refractivity (Wildman–Crippen MR) is 99.4 cm³/mol. The van der Waals surface area contributed by atoms with E-state index < -0.39 is 0 Å². The maximum atomic E-state index is 5.29. The molecule has 6 heteroatoms. The largest absolute Gasteiger partial charge is 0.493 e. The van der Waals surface area contributed by atoms with Gasteiger partial charge in [0.2, 0.25) is 0 Å². The number of aliphatic imine (C=N–C) groups is 1.